The van der Waals surface area contributed by atoms with Crippen molar-refractivity contribution in [2.45, 2.75) is 0 Å². The van der Waals surface area contributed by atoms with E-state index in [1.54, 1.807) is 0 Å². The minimum atomic E-state index is 0.622. The van der Waals surface area contributed by atoms with Gasteiger partial charge in [0.2, 0.25) is 5.89 Å². The van der Waals surface area contributed by atoms with Crippen LogP contribution in [0.5, 0.6) is 0 Å². The Hall–Kier alpha value is -5.42. The van der Waals surface area contributed by atoms with E-state index in [-0.39, 0.29) is 0 Å². The second-order valence-corrected chi connectivity index (χ2v) is 9.18. The van der Waals surface area contributed by atoms with Gasteiger partial charge in [-0.1, -0.05) is 109 Å². The molecule has 0 radical (unpaired) electrons. The minimum Gasteiger partial charge on any atom is -0.436 e. The van der Waals surface area contributed by atoms with E-state index in [0.717, 1.165) is 44.5 Å². The van der Waals surface area contributed by atoms with Crippen LogP contribution in [0.4, 0.5) is 0 Å². The maximum Gasteiger partial charge on any atom is 0.227 e. The molecule has 2 aromatic heterocycles. The zero-order valence-corrected chi connectivity index (χ0v) is 20.9. The van der Waals surface area contributed by atoms with Gasteiger partial charge >= 0.3 is 0 Å². The van der Waals surface area contributed by atoms with Crippen molar-refractivity contribution in [1.82, 2.24) is 19.9 Å². The number of fused-ring (bicyclic) bond motifs is 1. The van der Waals surface area contributed by atoms with E-state index in [1.165, 1.54) is 0 Å². The highest BCUT2D eigenvalue weighted by Gasteiger charge is 2.13. The van der Waals surface area contributed by atoms with Crippen molar-refractivity contribution in [3.63, 3.8) is 0 Å². The van der Waals surface area contributed by atoms with E-state index < -0.39 is 0 Å². The Kier molecular flexibility index (Phi) is 5.72. The summed E-state index contributed by atoms with van der Waals surface area (Å²) in [6.07, 6.45) is 0. The monoisotopic (exact) mass is 502 g/mol. The first-order valence-electron chi connectivity index (χ1n) is 12.7. The van der Waals surface area contributed by atoms with Crippen LogP contribution >= 0.6 is 0 Å². The number of hydrogen-bond donors (Lipinski definition) is 0. The molecule has 0 saturated carbocycles. The average molecular weight is 503 g/mol. The van der Waals surface area contributed by atoms with Crippen LogP contribution in [-0.4, -0.2) is 19.9 Å². The van der Waals surface area contributed by atoms with Crippen LogP contribution in [0.15, 0.2) is 138 Å². The van der Waals surface area contributed by atoms with Crippen LogP contribution in [0.3, 0.4) is 0 Å². The minimum absolute atomic E-state index is 0.622. The molecule has 39 heavy (non-hydrogen) atoms. The number of nitrogens with zero attached hydrogens (tertiary/aromatic N) is 4. The van der Waals surface area contributed by atoms with Gasteiger partial charge in [-0.3, -0.25) is 0 Å². The molecule has 0 atom stereocenters. The molecule has 0 unspecified atom stereocenters. The molecule has 0 spiro atoms. The van der Waals surface area contributed by atoms with Gasteiger partial charge in [0.15, 0.2) is 23.1 Å². The van der Waals surface area contributed by atoms with Gasteiger partial charge in [0.1, 0.15) is 5.52 Å². The van der Waals surface area contributed by atoms with Gasteiger partial charge in [-0.05, 0) is 35.4 Å². The van der Waals surface area contributed by atoms with E-state index in [2.05, 4.69) is 23.2 Å². The van der Waals surface area contributed by atoms with Crippen molar-refractivity contribution in [3.05, 3.63) is 133 Å². The first kappa shape index (κ1) is 22.8. The third-order valence-corrected chi connectivity index (χ3v) is 6.58. The lowest BCUT2D eigenvalue weighted by Gasteiger charge is -2.09. The molecular weight excluding hydrogens is 480 g/mol. The van der Waals surface area contributed by atoms with Crippen molar-refractivity contribution in [3.8, 4) is 56.7 Å². The summed E-state index contributed by atoms with van der Waals surface area (Å²) < 4.78 is 6.08. The number of hydrogen-bond acceptors (Lipinski definition) is 5. The zero-order valence-electron chi connectivity index (χ0n) is 20.9. The quantitative estimate of drug-likeness (QED) is 0.237. The Morgan fingerprint density at radius 3 is 1.33 bits per heavy atom. The van der Waals surface area contributed by atoms with Crippen LogP contribution < -0.4 is 0 Å². The number of benzene rings is 5. The molecule has 5 heteroatoms. The Bertz CT molecular complexity index is 1820. The molecule has 0 aliphatic rings. The lowest BCUT2D eigenvalue weighted by molar-refractivity contribution is 0.620. The third-order valence-electron chi connectivity index (χ3n) is 6.58. The van der Waals surface area contributed by atoms with Gasteiger partial charge in [-0.15, -0.1) is 0 Å². The predicted molar refractivity (Wildman–Crippen MR) is 155 cm³/mol. The Morgan fingerprint density at radius 2 is 0.795 bits per heavy atom. The molecule has 7 rings (SSSR count). The van der Waals surface area contributed by atoms with Gasteiger partial charge in [0.05, 0.1) is 0 Å². The Labute approximate surface area is 225 Å². The smallest absolute Gasteiger partial charge is 0.227 e. The highest BCUT2D eigenvalue weighted by molar-refractivity contribution is 5.82. The summed E-state index contributed by atoms with van der Waals surface area (Å²) in [5.74, 6) is 2.55. The molecule has 0 fully saturated rings. The highest BCUT2D eigenvalue weighted by atomic mass is 16.3. The fourth-order valence-electron chi connectivity index (χ4n) is 4.56. The van der Waals surface area contributed by atoms with Crippen molar-refractivity contribution >= 4 is 11.1 Å². The molecule has 5 aromatic carbocycles. The van der Waals surface area contributed by atoms with Gasteiger partial charge < -0.3 is 4.42 Å². The Morgan fingerprint density at radius 1 is 0.359 bits per heavy atom. The highest BCUT2D eigenvalue weighted by Crippen LogP contribution is 2.30. The SMILES string of the molecule is c1ccc(-c2nc(-c3ccccc3)nc(-c3ccc(-c4ccc5nc(-c6ccccc6)oc5c4)cc3)n2)cc1. The second-order valence-electron chi connectivity index (χ2n) is 9.18. The molecule has 7 aromatic rings. The summed E-state index contributed by atoms with van der Waals surface area (Å²) in [7, 11) is 0. The van der Waals surface area contributed by atoms with E-state index in [9.17, 15) is 0 Å². The number of rotatable bonds is 5. The van der Waals surface area contributed by atoms with E-state index >= 15 is 0 Å². The molecule has 2 heterocycles. The van der Waals surface area contributed by atoms with Crippen molar-refractivity contribution < 1.29 is 4.42 Å². The molecular formula is C34H22N4O. The van der Waals surface area contributed by atoms with Gasteiger partial charge in [-0.25, -0.2) is 19.9 Å². The summed E-state index contributed by atoms with van der Waals surface area (Å²) >= 11 is 0. The maximum absolute atomic E-state index is 6.08. The Balaban J connectivity index is 1.25. The molecule has 0 N–H and O–H groups in total. The lowest BCUT2D eigenvalue weighted by atomic mass is 10.0. The maximum atomic E-state index is 6.08. The van der Waals surface area contributed by atoms with Crippen LogP contribution in [0.25, 0.3) is 67.8 Å². The molecule has 5 nitrogen and oxygen atoms in total. The molecule has 0 amide bonds. The summed E-state index contributed by atoms with van der Waals surface area (Å²) in [4.78, 5) is 19.1. The van der Waals surface area contributed by atoms with Crippen molar-refractivity contribution in [2.75, 3.05) is 0 Å². The standard InChI is InChI=1S/C34H22N4O/c1-4-10-24(11-5-1)31-36-32(25-12-6-2-7-13-25)38-33(37-31)26-18-16-23(17-19-26)28-20-21-29-30(22-28)39-34(35-29)27-14-8-3-9-15-27/h1-22H. The van der Waals surface area contributed by atoms with E-state index in [4.69, 9.17) is 19.4 Å². The average Bonchev–Trinajstić information content (AvgIpc) is 3.46. The predicted octanol–water partition coefficient (Wildman–Crippen LogP) is 8.35. The molecule has 0 aliphatic carbocycles. The molecule has 0 bridgehead atoms. The molecule has 0 saturated heterocycles. The lowest BCUT2D eigenvalue weighted by Crippen LogP contribution is -2.00. The van der Waals surface area contributed by atoms with Gasteiger partial charge in [0, 0.05) is 22.3 Å². The van der Waals surface area contributed by atoms with Crippen molar-refractivity contribution in [1.29, 1.82) is 0 Å². The zero-order chi connectivity index (χ0) is 26.0. The van der Waals surface area contributed by atoms with E-state index in [1.807, 2.05) is 115 Å². The third kappa shape index (κ3) is 4.58. The summed E-state index contributed by atoms with van der Waals surface area (Å²) in [6.45, 7) is 0. The van der Waals surface area contributed by atoms with Crippen LogP contribution in [0.1, 0.15) is 0 Å². The van der Waals surface area contributed by atoms with Crippen LogP contribution in [0, 0.1) is 0 Å². The fourth-order valence-corrected chi connectivity index (χ4v) is 4.56. The molecule has 0 aliphatic heterocycles. The van der Waals surface area contributed by atoms with Crippen LogP contribution in [-0.2, 0) is 0 Å². The summed E-state index contributed by atoms with van der Waals surface area (Å²) in [6, 6.07) is 44.3. The van der Waals surface area contributed by atoms with Crippen molar-refractivity contribution in [2.24, 2.45) is 0 Å². The largest absolute Gasteiger partial charge is 0.436 e. The molecule has 184 valence electrons. The van der Waals surface area contributed by atoms with Gasteiger partial charge in [0.25, 0.3) is 0 Å². The summed E-state index contributed by atoms with van der Waals surface area (Å²) in [5, 5.41) is 0. The fraction of sp³-hybridized carbons (Fsp3) is 0. The first-order chi connectivity index (χ1) is 19.3. The summed E-state index contributed by atoms with van der Waals surface area (Å²) in [5.41, 5.74) is 7.49. The first-order valence-corrected chi connectivity index (χ1v) is 12.7. The van der Waals surface area contributed by atoms with Crippen LogP contribution in [0.2, 0.25) is 0 Å². The number of aromatic nitrogens is 4. The van der Waals surface area contributed by atoms with Gasteiger partial charge in [-0.2, -0.15) is 0 Å². The number of oxazole rings is 1. The normalized spacial score (nSPS) is 11.1. The van der Waals surface area contributed by atoms with E-state index in [0.29, 0.717) is 23.4 Å². The second kappa shape index (κ2) is 9.80. The topological polar surface area (TPSA) is 64.7 Å².